The fourth-order valence-electron chi connectivity index (χ4n) is 3.06. The molecule has 0 radical (unpaired) electrons. The second-order valence-electron chi connectivity index (χ2n) is 7.46. The van der Waals surface area contributed by atoms with Crippen LogP contribution in [0.5, 0.6) is 17.2 Å². The first-order valence-electron chi connectivity index (χ1n) is 10.3. The average Bonchev–Trinajstić information content (AvgIpc) is 2.80. The topological polar surface area (TPSA) is 87.4 Å². The normalized spacial score (nSPS) is 11.2. The van der Waals surface area contributed by atoms with Gasteiger partial charge in [-0.05, 0) is 43.9 Å². The van der Waals surface area contributed by atoms with Gasteiger partial charge in [0.15, 0.2) is 11.5 Å². The van der Waals surface area contributed by atoms with E-state index in [1.54, 1.807) is 18.2 Å². The summed E-state index contributed by atoms with van der Waals surface area (Å²) in [6, 6.07) is 11.9. The second-order valence-corrected chi connectivity index (χ2v) is 7.46. The smallest absolute Gasteiger partial charge is 0.336 e. The van der Waals surface area contributed by atoms with E-state index in [4.69, 9.17) is 23.4 Å². The van der Waals surface area contributed by atoms with Crippen molar-refractivity contribution in [3.63, 3.8) is 0 Å². The molecule has 8 nitrogen and oxygen atoms in total. The zero-order valence-electron chi connectivity index (χ0n) is 19.1. The van der Waals surface area contributed by atoms with E-state index in [0.29, 0.717) is 34.6 Å². The summed E-state index contributed by atoms with van der Waals surface area (Å²) >= 11 is 0. The number of hydrogen-bond acceptors (Lipinski definition) is 8. The molecule has 1 aromatic heterocycles. The van der Waals surface area contributed by atoms with Crippen molar-refractivity contribution >= 4 is 23.0 Å². The predicted octanol–water partition coefficient (Wildman–Crippen LogP) is 3.51. The molecule has 3 aromatic rings. The van der Waals surface area contributed by atoms with E-state index < -0.39 is 11.6 Å². The number of methoxy groups -OCH3 is 2. The summed E-state index contributed by atoms with van der Waals surface area (Å²) in [5.41, 5.74) is 1.09. The molecule has 0 N–H and O–H groups in total. The van der Waals surface area contributed by atoms with E-state index in [1.807, 2.05) is 43.3 Å². The minimum absolute atomic E-state index is 0.0978. The molecule has 0 saturated heterocycles. The lowest BCUT2D eigenvalue weighted by molar-refractivity contribution is -0.138. The van der Waals surface area contributed by atoms with Crippen LogP contribution in [0.15, 0.2) is 57.8 Å². The van der Waals surface area contributed by atoms with Gasteiger partial charge in [0.25, 0.3) is 0 Å². The molecule has 0 fully saturated rings. The van der Waals surface area contributed by atoms with Crippen molar-refractivity contribution in [2.24, 2.45) is 0 Å². The fraction of sp³-hybridized carbons (Fsp3) is 0.280. The molecule has 0 atom stereocenters. The second kappa shape index (κ2) is 11.2. The minimum atomic E-state index is -0.552. The number of rotatable bonds is 10. The molecule has 174 valence electrons. The highest BCUT2D eigenvalue weighted by Gasteiger charge is 2.13. The summed E-state index contributed by atoms with van der Waals surface area (Å²) in [6.45, 7) is 1.32. The quantitative estimate of drug-likeness (QED) is 0.262. The third-order valence-corrected chi connectivity index (χ3v) is 4.80. The van der Waals surface area contributed by atoms with Crippen molar-refractivity contribution in [1.82, 2.24) is 4.90 Å². The lowest BCUT2D eigenvalue weighted by Gasteiger charge is -2.11. The molecule has 33 heavy (non-hydrogen) atoms. The van der Waals surface area contributed by atoms with Crippen LogP contribution in [-0.2, 0) is 16.1 Å². The molecule has 0 aliphatic heterocycles. The van der Waals surface area contributed by atoms with Crippen molar-refractivity contribution < 1.29 is 28.2 Å². The van der Waals surface area contributed by atoms with Gasteiger partial charge in [0.1, 0.15) is 24.5 Å². The van der Waals surface area contributed by atoms with Gasteiger partial charge in [-0.15, -0.1) is 0 Å². The highest BCUT2D eigenvalue weighted by molar-refractivity contribution is 5.88. The Morgan fingerprint density at radius 1 is 1.03 bits per heavy atom. The summed E-state index contributed by atoms with van der Waals surface area (Å²) in [5.74, 6) is 1.13. The number of benzene rings is 2. The van der Waals surface area contributed by atoms with Crippen molar-refractivity contribution in [1.29, 1.82) is 0 Å². The molecule has 0 amide bonds. The van der Waals surface area contributed by atoms with Gasteiger partial charge < -0.3 is 28.3 Å². The Hall–Kier alpha value is -3.78. The number of fused-ring (bicyclic) bond motifs is 1. The Balaban J connectivity index is 1.64. The zero-order chi connectivity index (χ0) is 23.8. The Morgan fingerprint density at radius 3 is 2.39 bits per heavy atom. The van der Waals surface area contributed by atoms with E-state index in [-0.39, 0.29) is 6.61 Å². The molecular formula is C25H27NO7. The van der Waals surface area contributed by atoms with Gasteiger partial charge in [0.05, 0.1) is 14.2 Å². The first-order valence-corrected chi connectivity index (χ1v) is 10.3. The fourth-order valence-corrected chi connectivity index (χ4v) is 3.06. The lowest BCUT2D eigenvalue weighted by Crippen LogP contribution is -2.19. The molecule has 0 unspecified atom stereocenters. The zero-order valence-corrected chi connectivity index (χ0v) is 19.1. The summed E-state index contributed by atoms with van der Waals surface area (Å²) in [6.07, 6.45) is 2.98. The molecule has 1 heterocycles. The first kappa shape index (κ1) is 23.9. The Bertz CT molecular complexity index is 1180. The molecular weight excluding hydrogens is 426 g/mol. The number of esters is 1. The Morgan fingerprint density at radius 2 is 1.73 bits per heavy atom. The molecule has 0 bridgehead atoms. The largest absolute Gasteiger partial charge is 0.493 e. The number of hydrogen-bond donors (Lipinski definition) is 0. The number of likely N-dealkylation sites (N-methyl/N-ethyl adjacent to an activating group) is 1. The van der Waals surface area contributed by atoms with Crippen molar-refractivity contribution in [2.45, 2.75) is 6.61 Å². The monoisotopic (exact) mass is 453 g/mol. The number of nitrogens with zero attached hydrogens (tertiary/aromatic N) is 1. The van der Waals surface area contributed by atoms with Gasteiger partial charge in [-0.2, -0.15) is 0 Å². The Kier molecular flexibility index (Phi) is 8.10. The highest BCUT2D eigenvalue weighted by Crippen LogP contribution is 2.33. The van der Waals surface area contributed by atoms with E-state index in [0.717, 1.165) is 17.9 Å². The summed E-state index contributed by atoms with van der Waals surface area (Å²) in [4.78, 5) is 26.2. The van der Waals surface area contributed by atoms with Crippen LogP contribution >= 0.6 is 0 Å². The molecule has 0 aliphatic rings. The van der Waals surface area contributed by atoms with Crippen LogP contribution in [0.1, 0.15) is 11.1 Å². The van der Waals surface area contributed by atoms with Gasteiger partial charge in [-0.1, -0.05) is 12.1 Å². The highest BCUT2D eigenvalue weighted by atomic mass is 16.5. The van der Waals surface area contributed by atoms with Crippen LogP contribution in [0.2, 0.25) is 0 Å². The van der Waals surface area contributed by atoms with Gasteiger partial charge >= 0.3 is 11.6 Å². The first-order chi connectivity index (χ1) is 15.9. The standard InChI is InChI=1S/C25H27NO7/c1-26(2)11-12-31-19-8-5-17(6-9-19)7-10-24(27)32-16-18-13-25(28)33-21-15-23(30-4)22(29-3)14-20(18)21/h5-10,13-15H,11-12,16H2,1-4H3/b10-7+. The van der Waals surface area contributed by atoms with Crippen LogP contribution in [0.4, 0.5) is 0 Å². The Labute approximate surface area is 191 Å². The van der Waals surface area contributed by atoms with Crippen LogP contribution in [0.25, 0.3) is 17.0 Å². The maximum absolute atomic E-state index is 12.2. The summed E-state index contributed by atoms with van der Waals surface area (Å²) < 4.78 is 26.8. The maximum atomic E-state index is 12.2. The third-order valence-electron chi connectivity index (χ3n) is 4.80. The minimum Gasteiger partial charge on any atom is -0.493 e. The van der Waals surface area contributed by atoms with E-state index in [1.165, 1.54) is 26.4 Å². The van der Waals surface area contributed by atoms with E-state index in [2.05, 4.69) is 0 Å². The van der Waals surface area contributed by atoms with Crippen molar-refractivity contribution in [3.8, 4) is 17.2 Å². The van der Waals surface area contributed by atoms with Crippen LogP contribution in [-0.4, -0.2) is 52.3 Å². The van der Waals surface area contributed by atoms with Crippen LogP contribution < -0.4 is 19.8 Å². The van der Waals surface area contributed by atoms with Gasteiger partial charge in [-0.3, -0.25) is 0 Å². The third kappa shape index (κ3) is 6.60. The molecule has 0 saturated carbocycles. The average molecular weight is 453 g/mol. The number of ether oxygens (including phenoxy) is 4. The molecule has 2 aromatic carbocycles. The summed E-state index contributed by atoms with van der Waals surface area (Å²) in [7, 11) is 6.97. The molecule has 0 aliphatic carbocycles. The van der Waals surface area contributed by atoms with Gasteiger partial charge in [-0.25, -0.2) is 9.59 Å². The SMILES string of the molecule is COc1cc2oc(=O)cc(COC(=O)/C=C/c3ccc(OCCN(C)C)cc3)c2cc1OC. The predicted molar refractivity (Wildman–Crippen MR) is 125 cm³/mol. The van der Waals surface area contributed by atoms with Gasteiger partial charge in [0, 0.05) is 35.7 Å². The van der Waals surface area contributed by atoms with Crippen LogP contribution in [0, 0.1) is 0 Å². The van der Waals surface area contributed by atoms with Gasteiger partial charge in [0.2, 0.25) is 0 Å². The summed E-state index contributed by atoms with van der Waals surface area (Å²) in [5, 5.41) is 0.592. The molecule has 3 rings (SSSR count). The number of carbonyl (C=O) groups is 1. The lowest BCUT2D eigenvalue weighted by atomic mass is 10.1. The number of carbonyl (C=O) groups excluding carboxylic acids is 1. The van der Waals surface area contributed by atoms with E-state index >= 15 is 0 Å². The van der Waals surface area contributed by atoms with E-state index in [9.17, 15) is 9.59 Å². The maximum Gasteiger partial charge on any atom is 0.336 e. The van der Waals surface area contributed by atoms with Crippen LogP contribution in [0.3, 0.4) is 0 Å². The molecule has 0 spiro atoms. The molecule has 8 heteroatoms. The van der Waals surface area contributed by atoms with Crippen molar-refractivity contribution in [2.75, 3.05) is 41.5 Å². The van der Waals surface area contributed by atoms with Crippen molar-refractivity contribution in [3.05, 3.63) is 70.1 Å².